The van der Waals surface area contributed by atoms with Crippen molar-refractivity contribution in [1.82, 2.24) is 14.9 Å². The van der Waals surface area contributed by atoms with Crippen LogP contribution in [0.1, 0.15) is 16.5 Å². The summed E-state index contributed by atoms with van der Waals surface area (Å²) in [5, 5.41) is 0.672. The highest BCUT2D eigenvalue weighted by Crippen LogP contribution is 2.32. The Labute approximate surface area is 197 Å². The molecule has 0 saturated carbocycles. The van der Waals surface area contributed by atoms with Crippen molar-refractivity contribution < 1.29 is 4.79 Å². The molecule has 30 heavy (non-hydrogen) atoms. The summed E-state index contributed by atoms with van der Waals surface area (Å²) >= 11 is 7.75. The van der Waals surface area contributed by atoms with Crippen LogP contribution in [0.2, 0.25) is 5.02 Å². The summed E-state index contributed by atoms with van der Waals surface area (Å²) in [7, 11) is 0. The van der Waals surface area contributed by atoms with Crippen molar-refractivity contribution in [3.05, 3.63) is 52.1 Å². The lowest BCUT2D eigenvalue weighted by Crippen LogP contribution is -2.52. The van der Waals surface area contributed by atoms with E-state index in [0.717, 1.165) is 54.1 Å². The Hall–Kier alpha value is -1.48. The first-order valence-corrected chi connectivity index (χ1v) is 10.4. The van der Waals surface area contributed by atoms with Gasteiger partial charge in [0.15, 0.2) is 0 Å². The number of rotatable bonds is 5. The Balaban J connectivity index is 0.00000160. The molecule has 6 nitrogen and oxygen atoms in total. The van der Waals surface area contributed by atoms with Gasteiger partial charge in [-0.15, -0.1) is 36.2 Å². The molecule has 2 unspecified atom stereocenters. The number of aromatic nitrogens is 2. The van der Waals surface area contributed by atoms with Crippen molar-refractivity contribution in [1.29, 1.82) is 0 Å². The highest BCUT2D eigenvalue weighted by molar-refractivity contribution is 7.19. The van der Waals surface area contributed by atoms with Crippen molar-refractivity contribution in [2.24, 2.45) is 5.73 Å². The normalized spacial score (nSPS) is 16.4. The highest BCUT2D eigenvalue weighted by Gasteiger charge is 2.30. The van der Waals surface area contributed by atoms with Crippen LogP contribution in [0.25, 0.3) is 10.2 Å². The Morgan fingerprint density at radius 3 is 2.43 bits per heavy atom. The van der Waals surface area contributed by atoms with E-state index in [4.69, 9.17) is 17.3 Å². The zero-order chi connectivity index (χ0) is 19.7. The van der Waals surface area contributed by atoms with E-state index in [1.54, 1.807) is 17.7 Å². The largest absolute Gasteiger partial charge is 0.353 e. The summed E-state index contributed by atoms with van der Waals surface area (Å²) in [6, 6.07) is 8.94. The zero-order valence-corrected chi connectivity index (χ0v) is 19.6. The molecule has 0 radical (unpaired) electrons. The molecule has 10 heteroatoms. The molecule has 1 fully saturated rings. The Morgan fingerprint density at radius 2 is 1.80 bits per heavy atom. The summed E-state index contributed by atoms with van der Waals surface area (Å²) in [6.45, 7) is 5.32. The minimum atomic E-state index is -0.585. The van der Waals surface area contributed by atoms with Crippen molar-refractivity contribution in [3.8, 4) is 0 Å². The van der Waals surface area contributed by atoms with Crippen molar-refractivity contribution in [2.45, 2.75) is 19.0 Å². The first-order valence-electron chi connectivity index (χ1n) is 9.23. The van der Waals surface area contributed by atoms with Crippen molar-refractivity contribution >= 4 is 70.1 Å². The van der Waals surface area contributed by atoms with Gasteiger partial charge in [0.2, 0.25) is 0 Å². The molecule has 1 aliphatic heterocycles. The van der Waals surface area contributed by atoms with E-state index in [1.807, 2.05) is 24.3 Å². The Kier molecular flexibility index (Phi) is 8.85. The van der Waals surface area contributed by atoms with Crippen LogP contribution in [0.15, 0.2) is 36.7 Å². The minimum Gasteiger partial charge on any atom is -0.353 e. The molecule has 1 aromatic carbocycles. The van der Waals surface area contributed by atoms with Crippen LogP contribution < -0.4 is 10.6 Å². The number of thiophene rings is 1. The second-order valence-electron chi connectivity index (χ2n) is 7.00. The van der Waals surface area contributed by atoms with E-state index < -0.39 is 6.04 Å². The number of carbonyl (C=O) groups excluding carboxylic acids is 1. The standard InChI is InChI=1S/C20H22ClN5OS.2ClH/c1-13-10-17-19(28-13)20(24-12-23-17)26-8-6-25(7-9-26)18(16(22)11-27)14-2-4-15(21)5-3-14;;/h2-5,10-12,16,18H,6-9,22H2,1H3;2*1H. The summed E-state index contributed by atoms with van der Waals surface area (Å²) in [5.41, 5.74) is 8.17. The topological polar surface area (TPSA) is 75.3 Å². The van der Waals surface area contributed by atoms with Crippen LogP contribution in [0.5, 0.6) is 0 Å². The monoisotopic (exact) mass is 487 g/mol. The van der Waals surface area contributed by atoms with Gasteiger partial charge in [0.25, 0.3) is 0 Å². The third kappa shape index (κ3) is 5.04. The average Bonchev–Trinajstić information content (AvgIpc) is 3.10. The number of piperazine rings is 1. The number of benzene rings is 1. The van der Waals surface area contributed by atoms with E-state index >= 15 is 0 Å². The minimum absolute atomic E-state index is 0. The smallest absolute Gasteiger partial charge is 0.150 e. The molecule has 0 aliphatic carbocycles. The van der Waals surface area contributed by atoms with Gasteiger partial charge in [-0.25, -0.2) is 9.97 Å². The molecular weight excluding hydrogens is 465 g/mol. The molecule has 0 spiro atoms. The number of carbonyl (C=O) groups is 1. The van der Waals surface area contributed by atoms with Gasteiger partial charge < -0.3 is 15.4 Å². The second-order valence-corrected chi connectivity index (χ2v) is 8.69. The highest BCUT2D eigenvalue weighted by atomic mass is 35.5. The summed E-state index contributed by atoms with van der Waals surface area (Å²) < 4.78 is 1.13. The van der Waals surface area contributed by atoms with Crippen LogP contribution >= 0.6 is 47.8 Å². The molecule has 3 heterocycles. The maximum absolute atomic E-state index is 11.5. The third-order valence-electron chi connectivity index (χ3n) is 5.16. The number of aryl methyl sites for hydroxylation is 1. The Morgan fingerprint density at radius 1 is 1.13 bits per heavy atom. The maximum Gasteiger partial charge on any atom is 0.150 e. The first-order chi connectivity index (χ1) is 13.6. The third-order valence-corrected chi connectivity index (χ3v) is 6.44. The lowest BCUT2D eigenvalue weighted by atomic mass is 9.98. The molecule has 3 aromatic rings. The molecular formula is C20H24Cl3N5OS. The predicted octanol–water partition coefficient (Wildman–Crippen LogP) is 3.89. The number of hydrogen-bond donors (Lipinski definition) is 1. The zero-order valence-electron chi connectivity index (χ0n) is 16.4. The Bertz CT molecular complexity index is 976. The molecule has 2 N–H and O–H groups in total. The van der Waals surface area contributed by atoms with Gasteiger partial charge in [-0.1, -0.05) is 23.7 Å². The van der Waals surface area contributed by atoms with Gasteiger partial charge >= 0.3 is 0 Å². The van der Waals surface area contributed by atoms with Crippen LogP contribution in [0.4, 0.5) is 5.82 Å². The molecule has 162 valence electrons. The van der Waals surface area contributed by atoms with Gasteiger partial charge in [-0.05, 0) is 30.7 Å². The van der Waals surface area contributed by atoms with Crippen molar-refractivity contribution in [2.75, 3.05) is 31.1 Å². The van der Waals surface area contributed by atoms with Gasteiger partial charge in [-0.3, -0.25) is 4.90 Å². The lowest BCUT2D eigenvalue weighted by molar-refractivity contribution is -0.110. The molecule has 4 rings (SSSR count). The molecule has 2 aromatic heterocycles. The summed E-state index contributed by atoms with van der Waals surface area (Å²) in [4.78, 5) is 26.2. The fourth-order valence-electron chi connectivity index (χ4n) is 3.81. The van der Waals surface area contributed by atoms with Gasteiger partial charge in [-0.2, -0.15) is 0 Å². The first kappa shape index (κ1) is 24.8. The van der Waals surface area contributed by atoms with Crippen LogP contribution in [-0.2, 0) is 4.79 Å². The molecule has 1 saturated heterocycles. The maximum atomic E-state index is 11.5. The fraction of sp³-hybridized carbons (Fsp3) is 0.350. The number of hydrogen-bond acceptors (Lipinski definition) is 7. The second kappa shape index (κ2) is 10.7. The SMILES string of the molecule is Cc1cc2ncnc(N3CCN(C(c4ccc(Cl)cc4)C(N)C=O)CC3)c2s1.Cl.Cl. The number of aldehydes is 1. The van der Waals surface area contributed by atoms with Gasteiger partial charge in [0, 0.05) is 36.1 Å². The average molecular weight is 489 g/mol. The number of nitrogens with two attached hydrogens (primary N) is 1. The van der Waals surface area contributed by atoms with Gasteiger partial charge in [0.05, 0.1) is 22.3 Å². The van der Waals surface area contributed by atoms with Crippen LogP contribution in [0.3, 0.4) is 0 Å². The number of anilines is 1. The molecule has 1 aliphatic rings. The number of fused-ring (bicyclic) bond motifs is 1. The van der Waals surface area contributed by atoms with E-state index in [2.05, 4.69) is 32.8 Å². The van der Waals surface area contributed by atoms with E-state index in [1.165, 1.54) is 4.88 Å². The molecule has 0 bridgehead atoms. The van der Waals surface area contributed by atoms with Crippen LogP contribution in [0, 0.1) is 6.92 Å². The molecule has 2 atom stereocenters. The van der Waals surface area contributed by atoms with Gasteiger partial charge in [0.1, 0.15) is 18.4 Å². The number of nitrogens with zero attached hydrogens (tertiary/aromatic N) is 4. The van der Waals surface area contributed by atoms with Crippen molar-refractivity contribution in [3.63, 3.8) is 0 Å². The quantitative estimate of drug-likeness (QED) is 0.549. The van der Waals surface area contributed by atoms with E-state index in [0.29, 0.717) is 5.02 Å². The summed E-state index contributed by atoms with van der Waals surface area (Å²) in [5.74, 6) is 0.991. The number of halogens is 3. The lowest BCUT2D eigenvalue weighted by Gasteiger charge is -2.41. The van der Waals surface area contributed by atoms with E-state index in [-0.39, 0.29) is 30.9 Å². The fourth-order valence-corrected chi connectivity index (χ4v) is 4.92. The molecule has 0 amide bonds. The summed E-state index contributed by atoms with van der Waals surface area (Å²) in [6.07, 6.45) is 2.46. The van der Waals surface area contributed by atoms with Crippen LogP contribution in [-0.4, -0.2) is 53.4 Å². The van der Waals surface area contributed by atoms with E-state index in [9.17, 15) is 4.79 Å². The predicted molar refractivity (Wildman–Crippen MR) is 129 cm³/mol.